The predicted molar refractivity (Wildman–Crippen MR) is 57.4 cm³/mol. The number of alkyl halides is 1. The molecule has 2 atom stereocenters. The fraction of sp³-hybridized carbons (Fsp3) is 0.875. The van der Waals surface area contributed by atoms with Crippen LogP contribution in [0.4, 0.5) is 0 Å². The molecule has 0 saturated carbocycles. The molecule has 0 aliphatic carbocycles. The molecular formula is C8H17ClNO2P. The average Bonchev–Trinajstić information content (AvgIpc) is 2.04. The molecule has 0 spiro atoms. The zero-order valence-electron chi connectivity index (χ0n) is 8.34. The van der Waals surface area contributed by atoms with E-state index < -0.39 is 8.30 Å². The van der Waals surface area contributed by atoms with Crippen LogP contribution in [0.3, 0.4) is 0 Å². The number of hydrogen-bond donors (Lipinski definition) is 1. The molecule has 13 heavy (non-hydrogen) atoms. The third kappa shape index (κ3) is 6.39. The summed E-state index contributed by atoms with van der Waals surface area (Å²) in [6.45, 7) is 6.12. The second kappa shape index (κ2) is 7.69. The molecule has 0 aromatic heterocycles. The lowest BCUT2D eigenvalue weighted by Gasteiger charge is -2.19. The molecular weight excluding hydrogens is 209 g/mol. The lowest BCUT2D eigenvalue weighted by atomic mass is 10.2. The molecule has 0 bridgehead atoms. The summed E-state index contributed by atoms with van der Waals surface area (Å²) in [6, 6.07) is -0.153. The van der Waals surface area contributed by atoms with Crippen LogP contribution in [0.2, 0.25) is 0 Å². The van der Waals surface area contributed by atoms with Gasteiger partial charge >= 0.3 is 0 Å². The minimum atomic E-state index is -0.694. The topological polar surface area (TPSA) is 38.3 Å². The van der Waals surface area contributed by atoms with Crippen LogP contribution in [-0.2, 0) is 9.32 Å². The maximum atomic E-state index is 11.1. The van der Waals surface area contributed by atoms with Gasteiger partial charge in [-0.25, -0.2) is 0 Å². The minimum Gasteiger partial charge on any atom is -0.344 e. The summed E-state index contributed by atoms with van der Waals surface area (Å²) in [7, 11) is -0.694. The van der Waals surface area contributed by atoms with Crippen LogP contribution in [0.1, 0.15) is 20.3 Å². The molecule has 0 heterocycles. The van der Waals surface area contributed by atoms with Gasteiger partial charge in [-0.3, -0.25) is 9.88 Å². The predicted octanol–water partition coefficient (Wildman–Crippen LogP) is 2.14. The third-order valence-electron chi connectivity index (χ3n) is 1.55. The Morgan fingerprint density at radius 2 is 2.31 bits per heavy atom. The fourth-order valence-corrected chi connectivity index (χ4v) is 2.35. The van der Waals surface area contributed by atoms with E-state index in [2.05, 4.69) is 5.09 Å². The molecule has 0 aromatic rings. The van der Waals surface area contributed by atoms with E-state index in [9.17, 15) is 4.79 Å². The Morgan fingerprint density at radius 1 is 1.69 bits per heavy atom. The van der Waals surface area contributed by atoms with E-state index in [1.165, 1.54) is 0 Å². The molecule has 0 amide bonds. The van der Waals surface area contributed by atoms with Crippen LogP contribution >= 0.6 is 19.9 Å². The van der Waals surface area contributed by atoms with E-state index in [0.717, 1.165) is 0 Å². The van der Waals surface area contributed by atoms with Gasteiger partial charge in [0.2, 0.25) is 0 Å². The SMILES string of the molecule is CCOP(C)N[C@@H](CCCl)C(C)=O. The van der Waals surface area contributed by atoms with Crippen LogP contribution in [0.5, 0.6) is 0 Å². The molecule has 0 fully saturated rings. The van der Waals surface area contributed by atoms with Gasteiger partial charge in [-0.05, 0) is 26.9 Å². The van der Waals surface area contributed by atoms with Crippen molar-refractivity contribution in [3.05, 3.63) is 0 Å². The number of carbonyl (C=O) groups is 1. The van der Waals surface area contributed by atoms with Crippen LogP contribution in [0.15, 0.2) is 0 Å². The molecule has 0 radical (unpaired) electrons. The highest BCUT2D eigenvalue weighted by Crippen LogP contribution is 2.27. The van der Waals surface area contributed by atoms with Crippen molar-refractivity contribution in [2.75, 3.05) is 19.2 Å². The number of rotatable bonds is 7. The summed E-state index contributed by atoms with van der Waals surface area (Å²) in [5.74, 6) is 0.613. The maximum absolute atomic E-state index is 11.1. The molecule has 0 rings (SSSR count). The van der Waals surface area contributed by atoms with Gasteiger partial charge in [-0.1, -0.05) is 0 Å². The normalized spacial score (nSPS) is 15.4. The average molecular weight is 226 g/mol. The number of halogens is 1. The Balaban J connectivity index is 3.86. The van der Waals surface area contributed by atoms with Gasteiger partial charge in [0.05, 0.1) is 14.3 Å². The van der Waals surface area contributed by atoms with E-state index in [4.69, 9.17) is 16.1 Å². The first-order chi connectivity index (χ1) is 6.11. The Labute approximate surface area is 86.1 Å². The van der Waals surface area contributed by atoms with Crippen molar-refractivity contribution in [1.82, 2.24) is 5.09 Å². The summed E-state index contributed by atoms with van der Waals surface area (Å²) >= 11 is 5.58. The number of hydrogen-bond acceptors (Lipinski definition) is 3. The van der Waals surface area contributed by atoms with Crippen molar-refractivity contribution >= 4 is 25.7 Å². The summed E-state index contributed by atoms with van der Waals surface area (Å²) in [4.78, 5) is 11.1. The Hall–Kier alpha value is 0.310. The Bertz CT molecular complexity index is 157. The van der Waals surface area contributed by atoms with Crippen LogP contribution in [-0.4, -0.2) is 31.0 Å². The highest BCUT2D eigenvalue weighted by Gasteiger charge is 2.15. The van der Waals surface area contributed by atoms with E-state index >= 15 is 0 Å². The first kappa shape index (κ1) is 13.3. The molecule has 78 valence electrons. The van der Waals surface area contributed by atoms with Gasteiger partial charge in [0.15, 0.2) is 0 Å². The van der Waals surface area contributed by atoms with Gasteiger partial charge < -0.3 is 4.52 Å². The summed E-state index contributed by atoms with van der Waals surface area (Å²) in [5, 5.41) is 3.13. The van der Waals surface area contributed by atoms with Crippen LogP contribution in [0.25, 0.3) is 0 Å². The summed E-state index contributed by atoms with van der Waals surface area (Å²) in [6.07, 6.45) is 0.663. The largest absolute Gasteiger partial charge is 0.344 e. The standard InChI is InChI=1S/C8H17ClNO2P/c1-4-12-13(3)10-8(5-6-9)7(2)11/h8,10H,4-6H2,1-3H3/t8-,13?/m0/s1. The summed E-state index contributed by atoms with van der Waals surface area (Å²) < 4.78 is 5.33. The molecule has 5 heteroatoms. The number of ketones is 1. The second-order valence-electron chi connectivity index (χ2n) is 2.69. The zero-order valence-corrected chi connectivity index (χ0v) is 9.99. The first-order valence-electron chi connectivity index (χ1n) is 4.31. The lowest BCUT2D eigenvalue weighted by molar-refractivity contribution is -0.118. The van der Waals surface area contributed by atoms with E-state index in [1.807, 2.05) is 13.6 Å². The third-order valence-corrected chi connectivity index (χ3v) is 3.09. The molecule has 0 aliphatic heterocycles. The van der Waals surface area contributed by atoms with Crippen molar-refractivity contribution in [1.29, 1.82) is 0 Å². The van der Waals surface area contributed by atoms with Gasteiger partial charge in [-0.15, -0.1) is 11.6 Å². The van der Waals surface area contributed by atoms with Gasteiger partial charge in [-0.2, -0.15) is 0 Å². The fourth-order valence-electron chi connectivity index (χ4n) is 0.918. The summed E-state index contributed by atoms with van der Waals surface area (Å²) in [5.41, 5.74) is 0. The smallest absolute Gasteiger partial charge is 0.147 e. The highest BCUT2D eigenvalue weighted by molar-refractivity contribution is 7.49. The van der Waals surface area contributed by atoms with E-state index in [0.29, 0.717) is 18.9 Å². The molecule has 0 saturated heterocycles. The van der Waals surface area contributed by atoms with Crippen molar-refractivity contribution in [2.45, 2.75) is 26.3 Å². The van der Waals surface area contributed by atoms with Crippen LogP contribution in [0, 0.1) is 0 Å². The van der Waals surface area contributed by atoms with Crippen molar-refractivity contribution in [2.24, 2.45) is 0 Å². The van der Waals surface area contributed by atoms with Gasteiger partial charge in [0.25, 0.3) is 0 Å². The Morgan fingerprint density at radius 3 is 2.69 bits per heavy atom. The first-order valence-corrected chi connectivity index (χ1v) is 6.55. The van der Waals surface area contributed by atoms with Crippen LogP contribution < -0.4 is 5.09 Å². The lowest BCUT2D eigenvalue weighted by Crippen LogP contribution is -2.32. The van der Waals surface area contributed by atoms with Crippen molar-refractivity contribution < 1.29 is 9.32 Å². The van der Waals surface area contributed by atoms with E-state index in [-0.39, 0.29) is 11.8 Å². The number of Topliss-reactive ketones (excluding diaryl/α,β-unsaturated/α-hetero) is 1. The monoisotopic (exact) mass is 225 g/mol. The van der Waals surface area contributed by atoms with Gasteiger partial charge in [0, 0.05) is 12.5 Å². The molecule has 3 nitrogen and oxygen atoms in total. The quantitative estimate of drug-likeness (QED) is 0.533. The minimum absolute atomic E-state index is 0.120. The van der Waals surface area contributed by atoms with Gasteiger partial charge in [0.1, 0.15) is 5.78 Å². The molecule has 0 aliphatic rings. The number of carbonyl (C=O) groups excluding carboxylic acids is 1. The van der Waals surface area contributed by atoms with Crippen molar-refractivity contribution in [3.63, 3.8) is 0 Å². The molecule has 0 aromatic carbocycles. The Kier molecular flexibility index (Phi) is 7.87. The second-order valence-corrected chi connectivity index (χ2v) is 4.57. The molecule has 1 N–H and O–H groups in total. The highest BCUT2D eigenvalue weighted by atomic mass is 35.5. The molecule has 1 unspecified atom stereocenters. The zero-order chi connectivity index (χ0) is 10.3. The van der Waals surface area contributed by atoms with E-state index in [1.54, 1.807) is 6.92 Å². The maximum Gasteiger partial charge on any atom is 0.147 e. The van der Waals surface area contributed by atoms with Crippen molar-refractivity contribution in [3.8, 4) is 0 Å². The number of nitrogens with one attached hydrogen (secondary N) is 1.